The van der Waals surface area contributed by atoms with Gasteiger partial charge in [-0.05, 0) is 33.4 Å². The molecule has 1 atom stereocenters. The van der Waals surface area contributed by atoms with Crippen LogP contribution in [0.15, 0.2) is 17.4 Å². The van der Waals surface area contributed by atoms with E-state index in [0.29, 0.717) is 25.7 Å². The number of aromatic nitrogens is 2. The van der Waals surface area contributed by atoms with Crippen molar-refractivity contribution in [2.45, 2.75) is 44.4 Å². The number of rotatable bonds is 5. The van der Waals surface area contributed by atoms with Gasteiger partial charge in [-0.3, -0.25) is 4.98 Å². The molecule has 2 rings (SSSR count). The Kier molecular flexibility index (Phi) is 6.24. The third kappa shape index (κ3) is 5.66. The van der Waals surface area contributed by atoms with Crippen LogP contribution in [0, 0.1) is 5.92 Å². The summed E-state index contributed by atoms with van der Waals surface area (Å²) >= 11 is 1.56. The number of carbonyl (C=O) groups excluding carboxylic acids is 1. The van der Waals surface area contributed by atoms with Gasteiger partial charge in [-0.15, -0.1) is 11.8 Å². The minimum atomic E-state index is -0.453. The Balaban J connectivity index is 1.75. The molecular weight excluding hydrogens is 314 g/mol. The van der Waals surface area contributed by atoms with Gasteiger partial charge in [-0.1, -0.05) is 0 Å². The number of likely N-dealkylation sites (tertiary alicyclic amines) is 1. The van der Waals surface area contributed by atoms with Crippen LogP contribution in [-0.4, -0.2) is 52.5 Å². The molecular formula is C16H25N3O3S. The average Bonchev–Trinajstić information content (AvgIpc) is 2.95. The first-order chi connectivity index (χ1) is 10.9. The molecule has 0 aliphatic carbocycles. The van der Waals surface area contributed by atoms with E-state index in [2.05, 4.69) is 9.97 Å². The first kappa shape index (κ1) is 18.0. The molecule has 1 unspecified atom stereocenters. The summed E-state index contributed by atoms with van der Waals surface area (Å²) in [4.78, 5) is 22.4. The van der Waals surface area contributed by atoms with Crippen LogP contribution in [0.5, 0.6) is 0 Å². The molecule has 23 heavy (non-hydrogen) atoms. The molecule has 0 N–H and O–H groups in total. The molecule has 7 heteroatoms. The maximum atomic E-state index is 12.0. The van der Waals surface area contributed by atoms with Crippen molar-refractivity contribution < 1.29 is 14.3 Å². The molecule has 1 aromatic rings. The van der Waals surface area contributed by atoms with Crippen molar-refractivity contribution in [2.75, 3.05) is 26.0 Å². The molecule has 2 heterocycles. The average molecular weight is 339 g/mol. The summed E-state index contributed by atoms with van der Waals surface area (Å²) in [6.45, 7) is 8.12. The molecule has 1 fully saturated rings. The smallest absolute Gasteiger partial charge is 0.410 e. The van der Waals surface area contributed by atoms with Gasteiger partial charge in [0, 0.05) is 31.4 Å². The summed E-state index contributed by atoms with van der Waals surface area (Å²) in [6.07, 6.45) is 6.04. The Bertz CT molecular complexity index is 534. The fourth-order valence-electron chi connectivity index (χ4n) is 2.41. The van der Waals surface area contributed by atoms with Gasteiger partial charge in [-0.2, -0.15) is 0 Å². The summed E-state index contributed by atoms with van der Waals surface area (Å²) in [5, 5.41) is 0.898. The fraction of sp³-hybridized carbons (Fsp3) is 0.688. The van der Waals surface area contributed by atoms with E-state index < -0.39 is 5.60 Å². The predicted molar refractivity (Wildman–Crippen MR) is 89.4 cm³/mol. The number of ether oxygens (including phenoxy) is 2. The number of nitrogens with zero attached hydrogens (tertiary/aromatic N) is 3. The molecule has 1 aromatic heterocycles. The molecule has 0 saturated carbocycles. The van der Waals surface area contributed by atoms with Crippen molar-refractivity contribution in [3.8, 4) is 0 Å². The van der Waals surface area contributed by atoms with Gasteiger partial charge >= 0.3 is 6.09 Å². The number of carbonyl (C=O) groups is 1. The first-order valence-electron chi connectivity index (χ1n) is 7.78. The predicted octanol–water partition coefficient (Wildman–Crippen LogP) is 2.97. The number of hydrogen-bond acceptors (Lipinski definition) is 6. The van der Waals surface area contributed by atoms with Gasteiger partial charge in [0.05, 0.1) is 18.9 Å². The summed E-state index contributed by atoms with van der Waals surface area (Å²) < 4.78 is 11.2. The largest absolute Gasteiger partial charge is 0.444 e. The Hall–Kier alpha value is -1.34. The monoisotopic (exact) mass is 339 g/mol. The lowest BCUT2D eigenvalue weighted by Gasteiger charge is -2.24. The number of hydrogen-bond donors (Lipinski definition) is 0. The minimum Gasteiger partial charge on any atom is -0.444 e. The molecule has 1 amide bonds. The van der Waals surface area contributed by atoms with Crippen molar-refractivity contribution >= 4 is 17.9 Å². The Morgan fingerprint density at radius 1 is 1.39 bits per heavy atom. The summed E-state index contributed by atoms with van der Waals surface area (Å²) in [6, 6.07) is 0. The SMILES string of the molecule is CSc1nccnc1COCC1CCN(C(=O)OC(C)(C)C)C1. The number of amides is 1. The van der Waals surface area contributed by atoms with E-state index in [1.165, 1.54) is 0 Å². The topological polar surface area (TPSA) is 64.6 Å². The second-order valence-corrected chi connectivity index (χ2v) is 7.40. The van der Waals surface area contributed by atoms with Gasteiger partial charge in [0.1, 0.15) is 10.6 Å². The van der Waals surface area contributed by atoms with Crippen molar-refractivity contribution in [1.82, 2.24) is 14.9 Å². The molecule has 0 spiro atoms. The second-order valence-electron chi connectivity index (χ2n) is 6.61. The van der Waals surface area contributed by atoms with Crippen LogP contribution in [0.4, 0.5) is 4.79 Å². The van der Waals surface area contributed by atoms with E-state index in [4.69, 9.17) is 9.47 Å². The van der Waals surface area contributed by atoms with Crippen LogP contribution in [0.25, 0.3) is 0 Å². The summed E-state index contributed by atoms with van der Waals surface area (Å²) in [5.74, 6) is 0.344. The highest BCUT2D eigenvalue weighted by atomic mass is 32.2. The van der Waals surface area contributed by atoms with E-state index in [1.807, 2.05) is 27.0 Å². The van der Waals surface area contributed by atoms with E-state index in [0.717, 1.165) is 23.7 Å². The van der Waals surface area contributed by atoms with Crippen LogP contribution in [0.3, 0.4) is 0 Å². The van der Waals surface area contributed by atoms with Gasteiger partial charge in [0.15, 0.2) is 0 Å². The minimum absolute atomic E-state index is 0.237. The van der Waals surface area contributed by atoms with Crippen LogP contribution in [0.2, 0.25) is 0 Å². The van der Waals surface area contributed by atoms with E-state index in [-0.39, 0.29) is 6.09 Å². The molecule has 1 aliphatic heterocycles. The van der Waals surface area contributed by atoms with Crippen LogP contribution in [-0.2, 0) is 16.1 Å². The highest BCUT2D eigenvalue weighted by molar-refractivity contribution is 7.98. The van der Waals surface area contributed by atoms with Gasteiger partial charge in [0.25, 0.3) is 0 Å². The number of thioether (sulfide) groups is 1. The Morgan fingerprint density at radius 3 is 2.83 bits per heavy atom. The van der Waals surface area contributed by atoms with Crippen molar-refractivity contribution in [3.63, 3.8) is 0 Å². The lowest BCUT2D eigenvalue weighted by molar-refractivity contribution is 0.0270. The standard InChI is InChI=1S/C16H25N3O3S/c1-16(2,3)22-15(20)19-8-5-12(9-19)10-21-11-13-14(23-4)18-7-6-17-13/h6-7,12H,5,8-11H2,1-4H3. The van der Waals surface area contributed by atoms with Crippen LogP contribution in [0.1, 0.15) is 32.9 Å². The van der Waals surface area contributed by atoms with Crippen LogP contribution >= 0.6 is 11.8 Å². The van der Waals surface area contributed by atoms with Gasteiger partial charge in [0.2, 0.25) is 0 Å². The quantitative estimate of drug-likeness (QED) is 0.769. The molecule has 6 nitrogen and oxygen atoms in total. The highest BCUT2D eigenvalue weighted by Crippen LogP contribution is 2.21. The molecule has 128 valence electrons. The fourth-order valence-corrected chi connectivity index (χ4v) is 2.92. The third-order valence-corrected chi connectivity index (χ3v) is 4.19. The first-order valence-corrected chi connectivity index (χ1v) is 9.01. The Labute approximate surface area is 142 Å². The van der Waals surface area contributed by atoms with Gasteiger partial charge in [-0.25, -0.2) is 9.78 Å². The zero-order valence-corrected chi connectivity index (χ0v) is 15.1. The molecule has 0 bridgehead atoms. The van der Waals surface area contributed by atoms with Crippen molar-refractivity contribution in [2.24, 2.45) is 5.92 Å². The molecule has 1 aliphatic rings. The zero-order valence-electron chi connectivity index (χ0n) is 14.2. The maximum Gasteiger partial charge on any atom is 0.410 e. The van der Waals surface area contributed by atoms with E-state index in [1.54, 1.807) is 29.1 Å². The summed E-state index contributed by atoms with van der Waals surface area (Å²) in [5.41, 5.74) is 0.410. The highest BCUT2D eigenvalue weighted by Gasteiger charge is 2.29. The molecule has 0 radical (unpaired) electrons. The molecule has 1 saturated heterocycles. The van der Waals surface area contributed by atoms with E-state index >= 15 is 0 Å². The Morgan fingerprint density at radius 2 is 2.13 bits per heavy atom. The lowest BCUT2D eigenvalue weighted by atomic mass is 10.1. The normalized spacial score (nSPS) is 18.3. The van der Waals surface area contributed by atoms with Gasteiger partial charge < -0.3 is 14.4 Å². The third-order valence-electron chi connectivity index (χ3n) is 3.46. The molecule has 0 aromatic carbocycles. The summed E-state index contributed by atoms with van der Waals surface area (Å²) in [7, 11) is 0. The van der Waals surface area contributed by atoms with E-state index in [9.17, 15) is 4.79 Å². The maximum absolute atomic E-state index is 12.0. The van der Waals surface area contributed by atoms with Crippen molar-refractivity contribution in [3.05, 3.63) is 18.1 Å². The van der Waals surface area contributed by atoms with Crippen LogP contribution < -0.4 is 0 Å². The van der Waals surface area contributed by atoms with Crippen molar-refractivity contribution in [1.29, 1.82) is 0 Å². The second kappa shape index (κ2) is 7.97. The lowest BCUT2D eigenvalue weighted by Crippen LogP contribution is -2.35. The zero-order chi connectivity index (χ0) is 16.9.